The predicted molar refractivity (Wildman–Crippen MR) is 172 cm³/mol. The Bertz CT molecular complexity index is 2370. The van der Waals surface area contributed by atoms with E-state index in [9.17, 15) is 32.7 Å². The summed E-state index contributed by atoms with van der Waals surface area (Å²) in [6.45, 7) is -1.04. The standard InChI is InChI=1S/C31H26ClF3N10O4/c1-42-13-20-19(6-7-36)27(21(32)9-25(20)41-42)39-29-40-30(48)44(31(49)43(29)11-17-8-23(34)24(35)10-22(17)33)14-26-37-15-38-45(26)12-16-4-2-3-5-18(16)28(46)47/h2-5,8-10,13,15H,6-7,11-12,14,36H2,1H3,(H,46,47)(H,39,40,48). The van der Waals surface area contributed by atoms with Crippen LogP contribution in [0.3, 0.4) is 0 Å². The molecule has 0 aliphatic heterocycles. The van der Waals surface area contributed by atoms with E-state index in [-0.39, 0.29) is 41.1 Å². The highest BCUT2D eigenvalue weighted by atomic mass is 35.5. The molecule has 3 aromatic carbocycles. The number of aromatic nitrogens is 8. The number of fused-ring (bicyclic) bond motifs is 1. The van der Waals surface area contributed by atoms with Crippen LogP contribution in [0.15, 0.2) is 64.6 Å². The first-order valence-electron chi connectivity index (χ1n) is 14.6. The third-order valence-electron chi connectivity index (χ3n) is 7.75. The number of nitrogens with one attached hydrogen (secondary N) is 1. The summed E-state index contributed by atoms with van der Waals surface area (Å²) in [7, 11) is 1.72. The molecule has 0 saturated heterocycles. The molecule has 6 rings (SSSR count). The molecule has 0 radical (unpaired) electrons. The van der Waals surface area contributed by atoms with E-state index in [1.165, 1.54) is 10.7 Å². The normalized spacial score (nSPS) is 11.4. The van der Waals surface area contributed by atoms with Crippen LogP contribution < -0.4 is 22.4 Å². The molecule has 0 bridgehead atoms. The van der Waals surface area contributed by atoms with Gasteiger partial charge in [-0.2, -0.15) is 15.2 Å². The molecule has 0 aliphatic carbocycles. The van der Waals surface area contributed by atoms with Gasteiger partial charge in [-0.25, -0.2) is 41.8 Å². The lowest BCUT2D eigenvalue weighted by Gasteiger charge is -2.19. The Hall–Kier alpha value is -5.81. The Morgan fingerprint density at radius 1 is 1.00 bits per heavy atom. The minimum atomic E-state index is -1.43. The summed E-state index contributed by atoms with van der Waals surface area (Å²) >= 11 is 6.64. The number of hydrogen-bond acceptors (Lipinski definition) is 9. The van der Waals surface area contributed by atoms with Crippen molar-refractivity contribution in [2.75, 3.05) is 11.9 Å². The van der Waals surface area contributed by atoms with E-state index in [0.29, 0.717) is 45.2 Å². The summed E-state index contributed by atoms with van der Waals surface area (Å²) in [5.41, 5.74) is 5.20. The quantitative estimate of drug-likeness (QED) is 0.171. The molecule has 14 nitrogen and oxygen atoms in total. The van der Waals surface area contributed by atoms with Crippen molar-refractivity contribution in [3.05, 3.63) is 127 Å². The molecule has 252 valence electrons. The van der Waals surface area contributed by atoms with Gasteiger partial charge in [0.2, 0.25) is 5.95 Å². The van der Waals surface area contributed by atoms with Crippen molar-refractivity contribution in [2.24, 2.45) is 12.8 Å². The smallest absolute Gasteiger partial charge is 0.355 e. The van der Waals surface area contributed by atoms with Crippen LogP contribution in [-0.2, 0) is 33.1 Å². The zero-order valence-electron chi connectivity index (χ0n) is 25.6. The lowest BCUT2D eigenvalue weighted by Crippen LogP contribution is -2.43. The van der Waals surface area contributed by atoms with Crippen LogP contribution in [0, 0.1) is 17.5 Å². The Kier molecular flexibility index (Phi) is 9.03. The van der Waals surface area contributed by atoms with Crippen LogP contribution in [0.4, 0.5) is 24.8 Å². The number of carboxylic acid groups (broad SMARTS) is 1. The third-order valence-corrected chi connectivity index (χ3v) is 8.05. The van der Waals surface area contributed by atoms with Gasteiger partial charge in [0, 0.05) is 30.3 Å². The minimum Gasteiger partial charge on any atom is -0.478 e. The fourth-order valence-corrected chi connectivity index (χ4v) is 5.70. The number of nitrogens with zero attached hydrogens (tertiary/aromatic N) is 8. The van der Waals surface area contributed by atoms with Gasteiger partial charge in [0.1, 0.15) is 18.0 Å². The molecule has 6 aromatic rings. The molecule has 0 spiro atoms. The number of benzene rings is 3. The van der Waals surface area contributed by atoms with E-state index in [1.54, 1.807) is 42.2 Å². The Labute approximate surface area is 278 Å². The van der Waals surface area contributed by atoms with Gasteiger partial charge in [0.25, 0.3) is 0 Å². The van der Waals surface area contributed by atoms with Crippen molar-refractivity contribution in [1.29, 1.82) is 0 Å². The first-order valence-corrected chi connectivity index (χ1v) is 15.0. The average Bonchev–Trinajstić information content (AvgIpc) is 3.66. The molecule has 4 N–H and O–H groups in total. The van der Waals surface area contributed by atoms with E-state index in [2.05, 4.69) is 25.5 Å². The maximum atomic E-state index is 14.9. The van der Waals surface area contributed by atoms with Crippen LogP contribution in [-0.4, -0.2) is 56.3 Å². The average molecular weight is 695 g/mol. The van der Waals surface area contributed by atoms with E-state index >= 15 is 0 Å². The summed E-state index contributed by atoms with van der Waals surface area (Å²) in [4.78, 5) is 47.5. The molecule has 3 heterocycles. The number of aryl methyl sites for hydroxylation is 1. The summed E-state index contributed by atoms with van der Waals surface area (Å²) in [6, 6.07) is 8.72. The van der Waals surface area contributed by atoms with Crippen molar-refractivity contribution < 1.29 is 23.1 Å². The summed E-state index contributed by atoms with van der Waals surface area (Å²) < 4.78 is 47.4. The fourth-order valence-electron chi connectivity index (χ4n) is 5.44. The van der Waals surface area contributed by atoms with E-state index in [0.717, 1.165) is 10.9 Å². The van der Waals surface area contributed by atoms with Crippen LogP contribution in [0.1, 0.15) is 32.9 Å². The van der Waals surface area contributed by atoms with Crippen LogP contribution in [0.5, 0.6) is 0 Å². The minimum absolute atomic E-state index is 0.0197. The second-order valence-electron chi connectivity index (χ2n) is 10.9. The third kappa shape index (κ3) is 6.53. The highest BCUT2D eigenvalue weighted by Gasteiger charge is 2.22. The molecular formula is C31H26ClF3N10O4. The second-order valence-corrected chi connectivity index (χ2v) is 11.3. The largest absolute Gasteiger partial charge is 0.478 e. The van der Waals surface area contributed by atoms with Gasteiger partial charge in [0.15, 0.2) is 11.6 Å². The van der Waals surface area contributed by atoms with Crippen LogP contribution >= 0.6 is 11.6 Å². The first-order chi connectivity index (χ1) is 23.4. The van der Waals surface area contributed by atoms with Gasteiger partial charge < -0.3 is 16.2 Å². The van der Waals surface area contributed by atoms with Crippen molar-refractivity contribution >= 4 is 40.1 Å². The molecule has 0 fully saturated rings. The predicted octanol–water partition coefficient (Wildman–Crippen LogP) is 3.04. The number of anilines is 2. The molecule has 0 aliphatic rings. The summed E-state index contributed by atoms with van der Waals surface area (Å²) in [5.74, 6) is -5.39. The van der Waals surface area contributed by atoms with Gasteiger partial charge in [-0.05, 0) is 42.3 Å². The first kappa shape index (κ1) is 33.1. The summed E-state index contributed by atoms with van der Waals surface area (Å²) in [5, 5.41) is 21.8. The van der Waals surface area contributed by atoms with Crippen molar-refractivity contribution in [1.82, 2.24) is 38.7 Å². The number of carbonyl (C=O) groups is 1. The number of hydrogen-bond donors (Lipinski definition) is 3. The highest BCUT2D eigenvalue weighted by Crippen LogP contribution is 2.35. The van der Waals surface area contributed by atoms with Crippen molar-refractivity contribution in [3.63, 3.8) is 0 Å². The Morgan fingerprint density at radius 3 is 2.51 bits per heavy atom. The fraction of sp³-hybridized carbons (Fsp3) is 0.194. The van der Waals surface area contributed by atoms with Gasteiger partial charge in [0.05, 0.1) is 41.4 Å². The number of aromatic carboxylic acids is 1. The molecule has 0 atom stereocenters. The van der Waals surface area contributed by atoms with Gasteiger partial charge in [-0.15, -0.1) is 0 Å². The molecule has 49 heavy (non-hydrogen) atoms. The lowest BCUT2D eigenvalue weighted by molar-refractivity contribution is 0.0695. The zero-order valence-corrected chi connectivity index (χ0v) is 26.3. The second kappa shape index (κ2) is 13.4. The SMILES string of the molecule is Cn1cc2c(CCN)c(Nc3nc(=O)n(Cc4ncnn4Cc4ccccc4C(=O)O)c(=O)n3Cc3cc(F)c(F)cc3F)c(Cl)cc2n1. The lowest BCUT2D eigenvalue weighted by atomic mass is 10.0. The maximum Gasteiger partial charge on any atom is 0.355 e. The number of carboxylic acids is 1. The number of halogens is 4. The maximum absolute atomic E-state index is 14.9. The van der Waals surface area contributed by atoms with Crippen LogP contribution in [0.2, 0.25) is 5.02 Å². The number of rotatable bonds is 11. The zero-order chi connectivity index (χ0) is 35.0. The molecule has 18 heteroatoms. The highest BCUT2D eigenvalue weighted by molar-refractivity contribution is 6.34. The molecule has 3 aromatic heterocycles. The molecule has 0 unspecified atom stereocenters. The van der Waals surface area contributed by atoms with Gasteiger partial charge in [-0.1, -0.05) is 29.8 Å². The van der Waals surface area contributed by atoms with Gasteiger partial charge in [-0.3, -0.25) is 9.25 Å². The molecular weight excluding hydrogens is 669 g/mol. The Balaban J connectivity index is 1.47. The van der Waals surface area contributed by atoms with E-state index < -0.39 is 53.5 Å². The topological polar surface area (TPSA) is 181 Å². The van der Waals surface area contributed by atoms with Crippen LogP contribution in [0.25, 0.3) is 10.9 Å². The Morgan fingerprint density at radius 2 is 1.76 bits per heavy atom. The number of nitrogens with two attached hydrogens (primary N) is 1. The monoisotopic (exact) mass is 694 g/mol. The van der Waals surface area contributed by atoms with Crippen molar-refractivity contribution in [2.45, 2.75) is 26.1 Å². The molecule has 0 saturated carbocycles. The van der Waals surface area contributed by atoms with Crippen molar-refractivity contribution in [3.8, 4) is 0 Å². The molecule has 0 amide bonds. The summed E-state index contributed by atoms with van der Waals surface area (Å²) in [6.07, 6.45) is 3.20. The van der Waals surface area contributed by atoms with Gasteiger partial charge >= 0.3 is 17.3 Å². The van der Waals surface area contributed by atoms with E-state index in [1.807, 2.05) is 0 Å². The van der Waals surface area contributed by atoms with E-state index in [4.69, 9.17) is 17.3 Å².